The zero-order valence-electron chi connectivity index (χ0n) is 15.1. The number of fused-ring (bicyclic) bond motifs is 2. The SMILES string of the molecule is Oc1c2c(nc3c(C(F)(F)F)cccc13)C(c1ccccc1)O/C2=N/c1nccs1. The number of pyridine rings is 1. The van der Waals surface area contributed by atoms with Gasteiger partial charge < -0.3 is 9.84 Å². The number of hydrogen-bond donors (Lipinski definition) is 1. The van der Waals surface area contributed by atoms with E-state index >= 15 is 0 Å². The van der Waals surface area contributed by atoms with Gasteiger partial charge >= 0.3 is 6.18 Å². The molecule has 30 heavy (non-hydrogen) atoms. The third-order valence-corrected chi connectivity index (χ3v) is 5.40. The standard InChI is InChI=1S/C21H12F3N3O2S/c22-21(23,24)13-8-4-7-12-15(13)26-16-14(17(12)28)19(27-20-25-9-10-30-20)29-18(16)11-5-2-1-3-6-11/h1-10,18H,(H,26,28)/b27-19+. The van der Waals surface area contributed by atoms with E-state index in [1.165, 1.54) is 23.5 Å². The molecule has 0 radical (unpaired) electrons. The quantitative estimate of drug-likeness (QED) is 0.451. The molecule has 1 aliphatic rings. The van der Waals surface area contributed by atoms with Crippen LogP contribution in [0, 0.1) is 0 Å². The van der Waals surface area contributed by atoms with Crippen molar-refractivity contribution in [2.45, 2.75) is 12.3 Å². The maximum absolute atomic E-state index is 13.6. The van der Waals surface area contributed by atoms with Crippen LogP contribution in [0.15, 0.2) is 65.1 Å². The molecule has 5 rings (SSSR count). The normalized spacial score (nSPS) is 17.3. The summed E-state index contributed by atoms with van der Waals surface area (Å²) in [6, 6.07) is 12.5. The monoisotopic (exact) mass is 427 g/mol. The first kappa shape index (κ1) is 18.6. The van der Waals surface area contributed by atoms with Gasteiger partial charge in [-0.15, -0.1) is 11.3 Å². The van der Waals surface area contributed by atoms with Crippen LogP contribution in [0.3, 0.4) is 0 Å². The number of alkyl halides is 3. The highest BCUT2D eigenvalue weighted by Crippen LogP contribution is 2.45. The van der Waals surface area contributed by atoms with Crippen molar-refractivity contribution in [3.63, 3.8) is 0 Å². The van der Waals surface area contributed by atoms with Gasteiger partial charge in [-0.2, -0.15) is 18.2 Å². The summed E-state index contributed by atoms with van der Waals surface area (Å²) in [7, 11) is 0. The molecule has 2 aromatic carbocycles. The van der Waals surface area contributed by atoms with Gasteiger partial charge in [0.25, 0.3) is 0 Å². The molecule has 5 nitrogen and oxygen atoms in total. The molecule has 2 aromatic heterocycles. The number of aromatic hydroxyl groups is 1. The lowest BCUT2D eigenvalue weighted by Gasteiger charge is -2.14. The van der Waals surface area contributed by atoms with E-state index in [2.05, 4.69) is 15.0 Å². The number of aliphatic imine (C=N–C) groups is 1. The summed E-state index contributed by atoms with van der Waals surface area (Å²) in [6.45, 7) is 0. The lowest BCUT2D eigenvalue weighted by atomic mass is 10.00. The molecule has 1 aliphatic heterocycles. The maximum Gasteiger partial charge on any atom is 0.418 e. The summed E-state index contributed by atoms with van der Waals surface area (Å²) in [6.07, 6.45) is -3.86. The molecule has 150 valence electrons. The van der Waals surface area contributed by atoms with E-state index in [-0.39, 0.29) is 33.8 Å². The summed E-state index contributed by atoms with van der Waals surface area (Å²) in [5, 5.41) is 13.0. The van der Waals surface area contributed by atoms with Crippen molar-refractivity contribution in [2.24, 2.45) is 4.99 Å². The molecule has 0 aliphatic carbocycles. The smallest absolute Gasteiger partial charge is 0.418 e. The molecule has 1 atom stereocenters. The van der Waals surface area contributed by atoms with E-state index in [4.69, 9.17) is 4.74 Å². The number of hydrogen-bond acceptors (Lipinski definition) is 6. The Balaban J connectivity index is 1.81. The number of thiazole rings is 1. The third kappa shape index (κ3) is 2.98. The van der Waals surface area contributed by atoms with Crippen molar-refractivity contribution in [3.05, 3.63) is 82.5 Å². The second-order valence-electron chi connectivity index (χ2n) is 6.56. The molecule has 3 heterocycles. The molecule has 0 fully saturated rings. The van der Waals surface area contributed by atoms with Gasteiger partial charge in [-0.05, 0) is 17.7 Å². The average Bonchev–Trinajstić information content (AvgIpc) is 3.36. The van der Waals surface area contributed by atoms with E-state index in [0.717, 1.165) is 6.07 Å². The minimum absolute atomic E-state index is 0.0206. The summed E-state index contributed by atoms with van der Waals surface area (Å²) < 4.78 is 46.7. The second-order valence-corrected chi connectivity index (χ2v) is 7.43. The Morgan fingerprint density at radius 1 is 1.07 bits per heavy atom. The van der Waals surface area contributed by atoms with E-state index < -0.39 is 17.8 Å². The van der Waals surface area contributed by atoms with Crippen molar-refractivity contribution in [1.29, 1.82) is 0 Å². The fraction of sp³-hybridized carbons (Fsp3) is 0.0952. The number of benzene rings is 2. The number of rotatable bonds is 2. The van der Waals surface area contributed by atoms with Gasteiger partial charge in [0, 0.05) is 17.0 Å². The predicted molar refractivity (Wildman–Crippen MR) is 106 cm³/mol. The van der Waals surface area contributed by atoms with Crippen LogP contribution in [0.4, 0.5) is 18.3 Å². The highest BCUT2D eigenvalue weighted by Gasteiger charge is 2.39. The van der Waals surface area contributed by atoms with Crippen LogP contribution in [-0.2, 0) is 10.9 Å². The first-order valence-corrected chi connectivity index (χ1v) is 9.74. The van der Waals surface area contributed by atoms with Gasteiger partial charge in [-0.1, -0.05) is 36.4 Å². The minimum atomic E-state index is -4.62. The number of nitrogens with zero attached hydrogens (tertiary/aromatic N) is 3. The van der Waals surface area contributed by atoms with Crippen LogP contribution in [-0.4, -0.2) is 21.0 Å². The maximum atomic E-state index is 13.6. The van der Waals surface area contributed by atoms with E-state index in [0.29, 0.717) is 10.7 Å². The predicted octanol–water partition coefficient (Wildman–Crippen LogP) is 5.61. The Morgan fingerprint density at radius 3 is 2.57 bits per heavy atom. The van der Waals surface area contributed by atoms with Crippen LogP contribution in [0.2, 0.25) is 0 Å². The van der Waals surface area contributed by atoms with Gasteiger partial charge in [-0.3, -0.25) is 0 Å². The Bertz CT molecular complexity index is 1270. The van der Waals surface area contributed by atoms with Gasteiger partial charge in [0.1, 0.15) is 17.0 Å². The molecule has 0 saturated carbocycles. The summed E-state index contributed by atoms with van der Waals surface area (Å²) in [5.74, 6) is -0.284. The first-order valence-electron chi connectivity index (χ1n) is 8.86. The second kappa shape index (κ2) is 6.81. The lowest BCUT2D eigenvalue weighted by molar-refractivity contribution is -0.136. The van der Waals surface area contributed by atoms with E-state index in [1.807, 2.05) is 6.07 Å². The largest absolute Gasteiger partial charge is 0.506 e. The molecule has 0 spiro atoms. The molecule has 4 aromatic rings. The number of para-hydroxylation sites is 1. The molecular formula is C21H12F3N3O2S. The first-order chi connectivity index (χ1) is 14.4. The highest BCUT2D eigenvalue weighted by molar-refractivity contribution is 7.13. The van der Waals surface area contributed by atoms with Crippen LogP contribution in [0.25, 0.3) is 10.9 Å². The Labute approximate surface area is 172 Å². The fourth-order valence-electron chi connectivity index (χ4n) is 3.44. The summed E-state index contributed by atoms with van der Waals surface area (Å²) >= 11 is 1.27. The molecular weight excluding hydrogens is 415 g/mol. The van der Waals surface area contributed by atoms with Crippen LogP contribution < -0.4 is 0 Å². The molecule has 9 heteroatoms. The lowest BCUT2D eigenvalue weighted by Crippen LogP contribution is -2.08. The Morgan fingerprint density at radius 2 is 1.87 bits per heavy atom. The van der Waals surface area contributed by atoms with Gasteiger partial charge in [0.05, 0.1) is 11.1 Å². The Kier molecular flexibility index (Phi) is 4.21. The molecule has 1 unspecified atom stereocenters. The molecule has 0 bridgehead atoms. The van der Waals surface area contributed by atoms with Gasteiger partial charge in [0.15, 0.2) is 6.10 Å². The van der Waals surface area contributed by atoms with Crippen molar-refractivity contribution in [3.8, 4) is 5.75 Å². The van der Waals surface area contributed by atoms with E-state index in [9.17, 15) is 18.3 Å². The highest BCUT2D eigenvalue weighted by atomic mass is 32.1. The van der Waals surface area contributed by atoms with Crippen molar-refractivity contribution < 1.29 is 23.0 Å². The topological polar surface area (TPSA) is 67.6 Å². The molecule has 1 N–H and O–H groups in total. The zero-order valence-corrected chi connectivity index (χ0v) is 15.9. The summed E-state index contributed by atoms with van der Waals surface area (Å²) in [5.41, 5.74) is -0.223. The van der Waals surface area contributed by atoms with Crippen molar-refractivity contribution in [2.75, 3.05) is 0 Å². The number of halogens is 3. The van der Waals surface area contributed by atoms with Crippen LogP contribution in [0.1, 0.15) is 28.5 Å². The van der Waals surface area contributed by atoms with Crippen LogP contribution >= 0.6 is 11.3 Å². The summed E-state index contributed by atoms with van der Waals surface area (Å²) in [4.78, 5) is 12.8. The van der Waals surface area contributed by atoms with Crippen LogP contribution in [0.5, 0.6) is 5.75 Å². The zero-order chi connectivity index (χ0) is 20.9. The Hall–Kier alpha value is -3.46. The van der Waals surface area contributed by atoms with Gasteiger partial charge in [0.2, 0.25) is 11.0 Å². The average molecular weight is 427 g/mol. The fourth-order valence-corrected chi connectivity index (χ4v) is 3.94. The third-order valence-electron chi connectivity index (χ3n) is 4.73. The van der Waals surface area contributed by atoms with Crippen molar-refractivity contribution >= 4 is 33.3 Å². The van der Waals surface area contributed by atoms with Crippen molar-refractivity contribution in [1.82, 2.24) is 9.97 Å². The molecule has 0 saturated heterocycles. The van der Waals surface area contributed by atoms with E-state index in [1.54, 1.807) is 35.8 Å². The van der Waals surface area contributed by atoms with Gasteiger partial charge in [-0.25, -0.2) is 9.97 Å². The number of ether oxygens (including phenoxy) is 1. The minimum Gasteiger partial charge on any atom is -0.506 e. The number of aromatic nitrogens is 2. The molecule has 0 amide bonds.